The van der Waals surface area contributed by atoms with Gasteiger partial charge in [-0.2, -0.15) is 0 Å². The third kappa shape index (κ3) is 7.39. The molecule has 2 amide bonds. The molecule has 0 unspecified atom stereocenters. The Balaban J connectivity index is 1.11. The van der Waals surface area contributed by atoms with Gasteiger partial charge in [0.25, 0.3) is 0 Å². The van der Waals surface area contributed by atoms with Crippen LogP contribution in [0.3, 0.4) is 0 Å². The molecule has 3 aliphatic heterocycles. The fourth-order valence-electron chi connectivity index (χ4n) is 8.48. The number of carbonyl (C=O) groups is 2. The van der Waals surface area contributed by atoms with Crippen LogP contribution < -0.4 is 4.74 Å². The molecule has 2 N–H and O–H groups in total. The SMILES string of the molecule is C/C(=C\c1cccc(O)c1)CC[C@H]1OB(O)C[C@H]2C1=C(COc1ccccc1)C[C@H]1C(=O)N(C3CCN(Cc4ccccc4)CC3)C(=O)[C@H]12. The number of phenols is 1. The van der Waals surface area contributed by atoms with Gasteiger partial charge in [-0.1, -0.05) is 72.3 Å². The number of fused-ring (bicyclic) bond motifs is 3. The molecule has 49 heavy (non-hydrogen) atoms. The van der Waals surface area contributed by atoms with E-state index in [2.05, 4.69) is 29.2 Å². The summed E-state index contributed by atoms with van der Waals surface area (Å²) in [6.07, 6.45) is 5.20. The van der Waals surface area contributed by atoms with Gasteiger partial charge in [-0.3, -0.25) is 19.4 Å². The maximum atomic E-state index is 14.4. The Morgan fingerprint density at radius 3 is 2.43 bits per heavy atom. The zero-order valence-corrected chi connectivity index (χ0v) is 28.1. The number of benzene rings is 3. The van der Waals surface area contributed by atoms with Crippen molar-refractivity contribution in [3.05, 3.63) is 113 Å². The zero-order valence-electron chi connectivity index (χ0n) is 28.1. The summed E-state index contributed by atoms with van der Waals surface area (Å²) >= 11 is 0. The molecule has 4 aliphatic rings. The molecule has 0 aromatic heterocycles. The molecule has 8 nitrogen and oxygen atoms in total. The molecule has 1 aliphatic carbocycles. The summed E-state index contributed by atoms with van der Waals surface area (Å²) in [7, 11) is -1.03. The number of ether oxygens (including phenoxy) is 1. The number of hydrogen-bond acceptors (Lipinski definition) is 7. The van der Waals surface area contributed by atoms with Gasteiger partial charge in [0.1, 0.15) is 18.1 Å². The van der Waals surface area contributed by atoms with Crippen molar-refractivity contribution >= 4 is 25.0 Å². The van der Waals surface area contributed by atoms with Crippen molar-refractivity contribution in [3.8, 4) is 11.5 Å². The lowest BCUT2D eigenvalue weighted by atomic mass is 9.58. The van der Waals surface area contributed by atoms with E-state index in [9.17, 15) is 19.7 Å². The number of rotatable bonds is 10. The van der Waals surface area contributed by atoms with Crippen molar-refractivity contribution in [2.45, 2.75) is 64.0 Å². The van der Waals surface area contributed by atoms with Gasteiger partial charge in [0.15, 0.2) is 0 Å². The highest BCUT2D eigenvalue weighted by atomic mass is 16.5. The lowest BCUT2D eigenvalue weighted by Crippen LogP contribution is -2.48. The molecule has 9 heteroatoms. The van der Waals surface area contributed by atoms with Crippen molar-refractivity contribution in [2.24, 2.45) is 17.8 Å². The Labute approximate surface area is 289 Å². The summed E-state index contributed by atoms with van der Waals surface area (Å²) in [4.78, 5) is 32.6. The van der Waals surface area contributed by atoms with E-state index in [0.29, 0.717) is 25.9 Å². The molecule has 4 atom stereocenters. The van der Waals surface area contributed by atoms with Crippen LogP contribution in [0.25, 0.3) is 6.08 Å². The summed E-state index contributed by atoms with van der Waals surface area (Å²) in [5, 5.41) is 21.0. The van der Waals surface area contributed by atoms with Gasteiger partial charge >= 0.3 is 7.12 Å². The fourth-order valence-corrected chi connectivity index (χ4v) is 8.48. The number of amides is 2. The van der Waals surface area contributed by atoms with E-state index >= 15 is 0 Å². The van der Waals surface area contributed by atoms with Crippen LogP contribution in [-0.2, 0) is 20.8 Å². The monoisotopic (exact) mass is 660 g/mol. The van der Waals surface area contributed by atoms with E-state index in [-0.39, 0.29) is 35.8 Å². The van der Waals surface area contributed by atoms with E-state index in [1.54, 1.807) is 17.0 Å². The molecule has 0 saturated carbocycles. The largest absolute Gasteiger partial charge is 0.508 e. The predicted octanol–water partition coefficient (Wildman–Crippen LogP) is 6.12. The summed E-state index contributed by atoms with van der Waals surface area (Å²) < 4.78 is 12.5. The molecule has 3 fully saturated rings. The number of carbonyl (C=O) groups excluding carboxylic acids is 2. The van der Waals surface area contributed by atoms with Crippen molar-refractivity contribution in [2.75, 3.05) is 19.7 Å². The number of imide groups is 1. The maximum Gasteiger partial charge on any atom is 0.455 e. The number of aromatic hydroxyl groups is 1. The first kappa shape index (κ1) is 33.3. The number of hydrogen-bond donors (Lipinski definition) is 2. The molecule has 3 heterocycles. The van der Waals surface area contributed by atoms with Gasteiger partial charge in [-0.05, 0) is 97.8 Å². The van der Waals surface area contributed by atoms with Gasteiger partial charge in [0, 0.05) is 25.7 Å². The van der Waals surface area contributed by atoms with Gasteiger partial charge < -0.3 is 19.5 Å². The van der Waals surface area contributed by atoms with E-state index in [4.69, 9.17) is 9.39 Å². The quantitative estimate of drug-likeness (QED) is 0.154. The highest BCUT2D eigenvalue weighted by molar-refractivity contribution is 6.43. The highest BCUT2D eigenvalue weighted by Gasteiger charge is 2.58. The molecule has 0 bridgehead atoms. The standard InChI is InChI=1S/C40H45BN2O6/c1-27(21-29-11-8-12-32(44)22-29)15-16-36-37-30(26-48-33-13-6-3-7-14-33)23-34-38(35(37)24-41(47)49-36)40(46)43(39(34)45)31-17-19-42(20-18-31)25-28-9-4-2-5-10-28/h2-14,21-22,31,34-36,38,44,47H,15-20,23-26H2,1H3/b27-21+/t34-,35+,36-,38-/m1/s1. The molecule has 3 aromatic rings. The Kier molecular flexibility index (Phi) is 10.0. The first-order chi connectivity index (χ1) is 23.8. The summed E-state index contributed by atoms with van der Waals surface area (Å²) in [5.74, 6) is -0.464. The molecule has 0 radical (unpaired) electrons. The number of allylic oxidation sites excluding steroid dienone is 1. The second-order valence-electron chi connectivity index (χ2n) is 14.1. The Bertz CT molecular complexity index is 1700. The molecule has 7 rings (SSSR count). The topological polar surface area (TPSA) is 99.5 Å². The van der Waals surface area contributed by atoms with Crippen LogP contribution in [0, 0.1) is 17.8 Å². The van der Waals surface area contributed by atoms with Gasteiger partial charge in [-0.15, -0.1) is 0 Å². The first-order valence-electron chi connectivity index (χ1n) is 17.7. The lowest BCUT2D eigenvalue weighted by molar-refractivity contribution is -0.144. The number of phenolic OH excluding ortho intramolecular Hbond substituents is 1. The second-order valence-corrected chi connectivity index (χ2v) is 14.1. The number of nitrogens with zero attached hydrogens (tertiary/aromatic N) is 2. The van der Waals surface area contributed by atoms with Crippen LogP contribution in [0.15, 0.2) is 102 Å². The second kappa shape index (κ2) is 14.7. The number of likely N-dealkylation sites (tertiary alicyclic amines) is 2. The fraction of sp³-hybridized carbons (Fsp3) is 0.400. The van der Waals surface area contributed by atoms with E-state index in [0.717, 1.165) is 60.5 Å². The first-order valence-corrected chi connectivity index (χ1v) is 17.7. The van der Waals surface area contributed by atoms with Crippen molar-refractivity contribution < 1.29 is 29.1 Å². The third-order valence-electron chi connectivity index (χ3n) is 10.8. The normalized spacial score (nSPS) is 25.1. The predicted molar refractivity (Wildman–Crippen MR) is 189 cm³/mol. The molecule has 3 aromatic carbocycles. The maximum absolute atomic E-state index is 14.4. The van der Waals surface area contributed by atoms with E-state index in [1.165, 1.54) is 5.56 Å². The van der Waals surface area contributed by atoms with Crippen LogP contribution in [0.5, 0.6) is 11.5 Å². The van der Waals surface area contributed by atoms with Gasteiger partial charge in [-0.25, -0.2) is 0 Å². The average molecular weight is 661 g/mol. The van der Waals surface area contributed by atoms with Crippen LogP contribution >= 0.6 is 0 Å². The van der Waals surface area contributed by atoms with Crippen molar-refractivity contribution in [3.63, 3.8) is 0 Å². The van der Waals surface area contributed by atoms with Crippen molar-refractivity contribution in [1.82, 2.24) is 9.80 Å². The van der Waals surface area contributed by atoms with E-state index in [1.807, 2.05) is 61.5 Å². The minimum absolute atomic E-state index is 0.0739. The average Bonchev–Trinajstić information content (AvgIpc) is 3.36. The molecule has 254 valence electrons. The lowest BCUT2D eigenvalue weighted by Gasteiger charge is -2.43. The highest BCUT2D eigenvalue weighted by Crippen LogP contribution is 2.51. The van der Waals surface area contributed by atoms with Crippen LogP contribution in [-0.4, -0.2) is 70.7 Å². The Morgan fingerprint density at radius 2 is 1.69 bits per heavy atom. The summed E-state index contributed by atoms with van der Waals surface area (Å²) in [6, 6.07) is 27.1. The van der Waals surface area contributed by atoms with E-state index < -0.39 is 25.1 Å². The van der Waals surface area contributed by atoms with Crippen LogP contribution in [0.2, 0.25) is 6.32 Å². The van der Waals surface area contributed by atoms with Crippen molar-refractivity contribution in [1.29, 1.82) is 0 Å². The number of para-hydroxylation sites is 1. The van der Waals surface area contributed by atoms with Crippen LogP contribution in [0.1, 0.15) is 50.2 Å². The molecular formula is C40H45BN2O6. The van der Waals surface area contributed by atoms with Crippen LogP contribution in [0.4, 0.5) is 0 Å². The number of piperidine rings is 1. The smallest absolute Gasteiger partial charge is 0.455 e. The van der Waals surface area contributed by atoms with Gasteiger partial charge in [0.2, 0.25) is 11.8 Å². The zero-order chi connectivity index (χ0) is 33.9. The summed E-state index contributed by atoms with van der Waals surface area (Å²) in [5.41, 5.74) is 5.31. The summed E-state index contributed by atoms with van der Waals surface area (Å²) in [6.45, 7) is 4.88. The van der Waals surface area contributed by atoms with Gasteiger partial charge in [0.05, 0.1) is 17.9 Å². The Hall–Kier alpha value is -4.18. The molecule has 3 saturated heterocycles. The Morgan fingerprint density at radius 1 is 0.959 bits per heavy atom. The minimum atomic E-state index is -1.03. The minimum Gasteiger partial charge on any atom is -0.508 e. The molecular weight excluding hydrogens is 615 g/mol. The third-order valence-corrected chi connectivity index (χ3v) is 10.8. The molecule has 0 spiro atoms.